The molecule has 1 aliphatic rings. The summed E-state index contributed by atoms with van der Waals surface area (Å²) in [5.74, 6) is -0.493. The number of rotatable bonds is 5. The molecule has 0 bridgehead atoms. The number of thiophene rings is 1. The highest BCUT2D eigenvalue weighted by Crippen LogP contribution is 2.32. The van der Waals surface area contributed by atoms with E-state index >= 15 is 0 Å². The lowest BCUT2D eigenvalue weighted by Gasteiger charge is -2.12. The fourth-order valence-corrected chi connectivity index (χ4v) is 3.36. The first-order valence-electron chi connectivity index (χ1n) is 7.66. The molecule has 1 aromatic carbocycles. The lowest BCUT2D eigenvalue weighted by Crippen LogP contribution is -2.32. The number of carbonyl (C=O) groups excluding carboxylic acids is 2. The number of anilines is 1. The van der Waals surface area contributed by atoms with Crippen molar-refractivity contribution >= 4 is 34.4 Å². The van der Waals surface area contributed by atoms with Crippen molar-refractivity contribution in [2.24, 2.45) is 0 Å². The summed E-state index contributed by atoms with van der Waals surface area (Å²) in [6.45, 7) is 4.27. The SMILES string of the molecule is CCc1ccc(NC2=C(c3cccs3)C(=O)N(CC)C2=O)cc1. The number of nitrogens with one attached hydrogen (secondary N) is 1. The molecular formula is C18H18N2O2S. The summed E-state index contributed by atoms with van der Waals surface area (Å²) >= 11 is 1.46. The second-order valence-electron chi connectivity index (χ2n) is 5.26. The Balaban J connectivity index is 2.00. The molecule has 0 atom stereocenters. The van der Waals surface area contributed by atoms with Crippen LogP contribution in [0.2, 0.25) is 0 Å². The molecule has 23 heavy (non-hydrogen) atoms. The van der Waals surface area contributed by atoms with Crippen LogP contribution in [-0.2, 0) is 16.0 Å². The average molecular weight is 326 g/mol. The third-order valence-electron chi connectivity index (χ3n) is 3.88. The molecule has 1 N–H and O–H groups in total. The second-order valence-corrected chi connectivity index (χ2v) is 6.21. The number of imide groups is 1. The number of amides is 2. The Hall–Kier alpha value is -2.40. The largest absolute Gasteiger partial charge is 0.350 e. The van der Waals surface area contributed by atoms with Crippen molar-refractivity contribution < 1.29 is 9.59 Å². The summed E-state index contributed by atoms with van der Waals surface area (Å²) in [5.41, 5.74) is 2.87. The fourth-order valence-electron chi connectivity index (χ4n) is 2.60. The second kappa shape index (κ2) is 6.38. The molecule has 0 aliphatic carbocycles. The van der Waals surface area contributed by atoms with E-state index in [-0.39, 0.29) is 11.8 Å². The molecule has 0 fully saturated rings. The molecule has 0 saturated heterocycles. The summed E-state index contributed by atoms with van der Waals surface area (Å²) in [4.78, 5) is 27.2. The van der Waals surface area contributed by atoms with Crippen LogP contribution in [0.25, 0.3) is 5.57 Å². The summed E-state index contributed by atoms with van der Waals surface area (Å²) in [5, 5.41) is 5.05. The molecule has 3 rings (SSSR count). The number of likely N-dealkylation sites (N-methyl/N-ethyl adjacent to an activating group) is 1. The quantitative estimate of drug-likeness (QED) is 0.855. The Kier molecular flexibility index (Phi) is 4.30. The summed E-state index contributed by atoms with van der Waals surface area (Å²) in [7, 11) is 0. The molecule has 0 spiro atoms. The van der Waals surface area contributed by atoms with Gasteiger partial charge in [0.25, 0.3) is 11.8 Å². The van der Waals surface area contributed by atoms with Crippen LogP contribution in [0.3, 0.4) is 0 Å². The summed E-state index contributed by atoms with van der Waals surface area (Å²) < 4.78 is 0. The van der Waals surface area contributed by atoms with Gasteiger partial charge in [-0.3, -0.25) is 14.5 Å². The van der Waals surface area contributed by atoms with Crippen molar-refractivity contribution in [3.63, 3.8) is 0 Å². The van der Waals surface area contributed by atoms with E-state index in [1.165, 1.54) is 21.8 Å². The van der Waals surface area contributed by atoms with Crippen LogP contribution in [0, 0.1) is 0 Å². The van der Waals surface area contributed by atoms with Crippen molar-refractivity contribution in [2.45, 2.75) is 20.3 Å². The number of nitrogens with zero attached hydrogens (tertiary/aromatic N) is 1. The molecule has 2 aromatic rings. The predicted octanol–water partition coefficient (Wildman–Crippen LogP) is 3.52. The van der Waals surface area contributed by atoms with Crippen LogP contribution in [0.5, 0.6) is 0 Å². The minimum atomic E-state index is -0.263. The maximum absolute atomic E-state index is 12.6. The highest BCUT2D eigenvalue weighted by atomic mass is 32.1. The number of carbonyl (C=O) groups is 2. The van der Waals surface area contributed by atoms with Gasteiger partial charge in [0.2, 0.25) is 0 Å². The van der Waals surface area contributed by atoms with Crippen molar-refractivity contribution in [1.82, 2.24) is 4.90 Å². The topological polar surface area (TPSA) is 49.4 Å². The molecule has 0 saturated carbocycles. The first kappa shape index (κ1) is 15.5. The number of hydrogen-bond acceptors (Lipinski definition) is 4. The Morgan fingerprint density at radius 2 is 1.78 bits per heavy atom. The molecule has 1 aliphatic heterocycles. The van der Waals surface area contributed by atoms with Gasteiger partial charge >= 0.3 is 0 Å². The average Bonchev–Trinajstić information content (AvgIpc) is 3.16. The highest BCUT2D eigenvalue weighted by Gasteiger charge is 2.38. The zero-order valence-corrected chi connectivity index (χ0v) is 13.9. The molecular weight excluding hydrogens is 308 g/mol. The van der Waals surface area contributed by atoms with Crippen LogP contribution in [0.1, 0.15) is 24.3 Å². The van der Waals surface area contributed by atoms with Gasteiger partial charge in [-0.15, -0.1) is 11.3 Å². The normalized spacial score (nSPS) is 14.8. The number of hydrogen-bond donors (Lipinski definition) is 1. The molecule has 0 unspecified atom stereocenters. The molecule has 4 nitrogen and oxygen atoms in total. The Morgan fingerprint density at radius 3 is 2.35 bits per heavy atom. The van der Waals surface area contributed by atoms with Crippen LogP contribution in [-0.4, -0.2) is 23.3 Å². The van der Waals surface area contributed by atoms with Gasteiger partial charge in [-0.1, -0.05) is 25.1 Å². The van der Waals surface area contributed by atoms with Crippen molar-refractivity contribution in [3.05, 3.63) is 57.9 Å². The van der Waals surface area contributed by atoms with E-state index < -0.39 is 0 Å². The molecule has 5 heteroatoms. The summed E-state index contributed by atoms with van der Waals surface area (Å²) in [6, 6.07) is 11.7. The van der Waals surface area contributed by atoms with Crippen molar-refractivity contribution in [2.75, 3.05) is 11.9 Å². The van der Waals surface area contributed by atoms with Gasteiger partial charge in [0.1, 0.15) is 5.70 Å². The first-order valence-corrected chi connectivity index (χ1v) is 8.54. The maximum Gasteiger partial charge on any atom is 0.278 e. The predicted molar refractivity (Wildman–Crippen MR) is 93.1 cm³/mol. The Morgan fingerprint density at radius 1 is 1.04 bits per heavy atom. The molecule has 118 valence electrons. The highest BCUT2D eigenvalue weighted by molar-refractivity contribution is 7.11. The van der Waals surface area contributed by atoms with Gasteiger partial charge in [0, 0.05) is 17.1 Å². The minimum absolute atomic E-state index is 0.229. The number of benzene rings is 1. The standard InChI is InChI=1S/C18H18N2O2S/c1-3-12-7-9-13(10-8-12)19-16-15(14-6-5-11-23-14)17(21)20(4-2)18(16)22/h5-11,19H,3-4H2,1-2H3. The monoisotopic (exact) mass is 326 g/mol. The Labute approximate surface area is 139 Å². The van der Waals surface area contributed by atoms with Gasteiger partial charge in [-0.05, 0) is 42.5 Å². The van der Waals surface area contributed by atoms with Gasteiger partial charge < -0.3 is 5.32 Å². The van der Waals surface area contributed by atoms with Crippen molar-refractivity contribution in [1.29, 1.82) is 0 Å². The van der Waals surface area contributed by atoms with Crippen LogP contribution < -0.4 is 5.32 Å². The zero-order valence-electron chi connectivity index (χ0n) is 13.1. The maximum atomic E-state index is 12.6. The molecule has 0 radical (unpaired) electrons. The third kappa shape index (κ3) is 2.80. The van der Waals surface area contributed by atoms with E-state index in [1.54, 1.807) is 6.92 Å². The molecule has 1 aromatic heterocycles. The van der Waals surface area contributed by atoms with Gasteiger partial charge in [-0.2, -0.15) is 0 Å². The van der Waals surface area contributed by atoms with E-state index in [4.69, 9.17) is 0 Å². The third-order valence-corrected chi connectivity index (χ3v) is 4.77. The van der Waals surface area contributed by atoms with Gasteiger partial charge in [-0.25, -0.2) is 0 Å². The van der Waals surface area contributed by atoms with E-state index in [2.05, 4.69) is 12.2 Å². The smallest absolute Gasteiger partial charge is 0.278 e. The fraction of sp³-hybridized carbons (Fsp3) is 0.222. The van der Waals surface area contributed by atoms with Crippen LogP contribution >= 0.6 is 11.3 Å². The molecule has 2 amide bonds. The number of aryl methyl sites for hydroxylation is 1. The van der Waals surface area contributed by atoms with Crippen molar-refractivity contribution in [3.8, 4) is 0 Å². The minimum Gasteiger partial charge on any atom is -0.350 e. The lowest BCUT2D eigenvalue weighted by molar-refractivity contribution is -0.136. The zero-order chi connectivity index (χ0) is 16.4. The molecule has 2 heterocycles. The van der Waals surface area contributed by atoms with Crippen LogP contribution in [0.15, 0.2) is 47.5 Å². The first-order chi connectivity index (χ1) is 11.2. The van der Waals surface area contributed by atoms with E-state index in [0.29, 0.717) is 17.8 Å². The van der Waals surface area contributed by atoms with E-state index in [0.717, 1.165) is 17.0 Å². The van der Waals surface area contributed by atoms with Gasteiger partial charge in [0.05, 0.1) is 5.57 Å². The van der Waals surface area contributed by atoms with Gasteiger partial charge in [0.15, 0.2) is 0 Å². The lowest BCUT2D eigenvalue weighted by atomic mass is 10.1. The van der Waals surface area contributed by atoms with Crippen LogP contribution in [0.4, 0.5) is 5.69 Å². The van der Waals surface area contributed by atoms with E-state index in [9.17, 15) is 9.59 Å². The summed E-state index contributed by atoms with van der Waals surface area (Å²) in [6.07, 6.45) is 0.963. The van der Waals surface area contributed by atoms with E-state index in [1.807, 2.05) is 41.8 Å². The Bertz CT molecular complexity index is 761.